The van der Waals surface area contributed by atoms with E-state index in [1.54, 1.807) is 12.1 Å². The quantitative estimate of drug-likeness (QED) is 0.129. The monoisotopic (exact) mass is 514 g/mol. The topological polar surface area (TPSA) is 103 Å². The maximum absolute atomic E-state index is 12.4. The Hall–Kier alpha value is -3.80. The predicted octanol–water partition coefficient (Wildman–Crippen LogP) is 6.61. The number of benzene rings is 3. The van der Waals surface area contributed by atoms with Crippen LogP contribution in [-0.2, 0) is 0 Å². The van der Waals surface area contributed by atoms with Gasteiger partial charge < -0.3 is 21.6 Å². The molecule has 0 aromatic heterocycles. The van der Waals surface area contributed by atoms with E-state index < -0.39 is 0 Å². The minimum absolute atomic E-state index is 0.0436. The fourth-order valence-corrected chi connectivity index (χ4v) is 4.60. The number of rotatable bonds is 9. The molecule has 0 aliphatic heterocycles. The van der Waals surface area contributed by atoms with Gasteiger partial charge in [0.25, 0.3) is 5.91 Å². The van der Waals surface area contributed by atoms with Crippen molar-refractivity contribution in [1.29, 1.82) is 0 Å². The standard InChI is InChI=1S/C32H42N4O2/c1-20(2)23-8-12-25(13-9-23)30-21(3)16-27(17-22(30)4)38-28(18-32(5,6)7)24-10-14-26(15-11-24)31(37)35-19-29(33)36-34/h8-17,20,28H,18-19,34H2,1-7H3,(H2,33,36)(H,35,37). The van der Waals surface area contributed by atoms with Crippen molar-refractivity contribution in [2.75, 3.05) is 6.54 Å². The molecule has 5 N–H and O–H groups in total. The van der Waals surface area contributed by atoms with Crippen LogP contribution in [0, 0.1) is 19.3 Å². The van der Waals surface area contributed by atoms with Crippen LogP contribution in [0.15, 0.2) is 65.8 Å². The molecule has 0 spiro atoms. The van der Waals surface area contributed by atoms with E-state index in [9.17, 15) is 4.79 Å². The number of nitrogens with zero attached hydrogens (tertiary/aromatic N) is 1. The Morgan fingerprint density at radius 3 is 2.00 bits per heavy atom. The van der Waals surface area contributed by atoms with Crippen LogP contribution in [-0.4, -0.2) is 18.3 Å². The third-order valence-electron chi connectivity index (χ3n) is 6.59. The number of hydrogen-bond donors (Lipinski definition) is 3. The molecule has 0 aliphatic rings. The first-order valence-electron chi connectivity index (χ1n) is 13.2. The van der Waals surface area contributed by atoms with E-state index in [0.29, 0.717) is 11.5 Å². The summed E-state index contributed by atoms with van der Waals surface area (Å²) in [6.45, 7) is 15.4. The van der Waals surface area contributed by atoms with Crippen LogP contribution in [0.2, 0.25) is 0 Å². The van der Waals surface area contributed by atoms with Crippen LogP contribution >= 0.6 is 0 Å². The lowest BCUT2D eigenvalue weighted by molar-refractivity contribution is 0.0958. The minimum atomic E-state index is -0.236. The Morgan fingerprint density at radius 2 is 1.50 bits per heavy atom. The second kappa shape index (κ2) is 12.2. The number of amides is 1. The molecule has 1 atom stereocenters. The lowest BCUT2D eigenvalue weighted by atomic mass is 9.86. The summed E-state index contributed by atoms with van der Waals surface area (Å²) < 4.78 is 6.63. The average molecular weight is 515 g/mol. The molecule has 0 aliphatic carbocycles. The molecular formula is C32H42N4O2. The molecule has 6 nitrogen and oxygen atoms in total. The summed E-state index contributed by atoms with van der Waals surface area (Å²) in [4.78, 5) is 12.4. The zero-order valence-electron chi connectivity index (χ0n) is 23.8. The van der Waals surface area contributed by atoms with Crippen LogP contribution in [0.1, 0.15) is 85.7 Å². The van der Waals surface area contributed by atoms with Gasteiger partial charge in [-0.1, -0.05) is 71.0 Å². The summed E-state index contributed by atoms with van der Waals surface area (Å²) in [5.74, 6) is 6.41. The molecule has 0 radical (unpaired) electrons. The number of hydrazone groups is 1. The third-order valence-corrected chi connectivity index (χ3v) is 6.59. The van der Waals surface area contributed by atoms with Gasteiger partial charge in [-0.3, -0.25) is 4.79 Å². The van der Waals surface area contributed by atoms with Gasteiger partial charge in [-0.15, -0.1) is 0 Å². The molecule has 0 bridgehead atoms. The third kappa shape index (κ3) is 7.60. The molecule has 1 unspecified atom stereocenters. The van der Waals surface area contributed by atoms with Gasteiger partial charge in [0, 0.05) is 5.56 Å². The highest BCUT2D eigenvalue weighted by Gasteiger charge is 2.23. The first-order chi connectivity index (χ1) is 17.9. The Bertz CT molecular complexity index is 1250. The van der Waals surface area contributed by atoms with E-state index in [1.807, 2.05) is 12.1 Å². The number of carbonyl (C=O) groups excluding carboxylic acids is 1. The fraction of sp³-hybridized carbons (Fsp3) is 0.375. The molecule has 1 amide bonds. The number of amidine groups is 1. The first kappa shape index (κ1) is 28.8. The molecular weight excluding hydrogens is 472 g/mol. The zero-order chi connectivity index (χ0) is 28.0. The summed E-state index contributed by atoms with van der Waals surface area (Å²) in [5.41, 5.74) is 13.3. The zero-order valence-corrected chi connectivity index (χ0v) is 23.8. The van der Waals surface area contributed by atoms with Gasteiger partial charge in [0.15, 0.2) is 0 Å². The maximum Gasteiger partial charge on any atom is 0.251 e. The minimum Gasteiger partial charge on any atom is -0.486 e. The number of nitrogens with one attached hydrogen (secondary N) is 1. The highest BCUT2D eigenvalue weighted by molar-refractivity contribution is 5.97. The van der Waals surface area contributed by atoms with Crippen molar-refractivity contribution in [3.8, 4) is 16.9 Å². The average Bonchev–Trinajstić information content (AvgIpc) is 2.86. The Kier molecular flexibility index (Phi) is 9.21. The van der Waals surface area contributed by atoms with Crippen molar-refractivity contribution in [3.05, 3.63) is 88.5 Å². The molecule has 3 rings (SSSR count). The van der Waals surface area contributed by atoms with Crippen LogP contribution in [0.3, 0.4) is 0 Å². The summed E-state index contributed by atoms with van der Waals surface area (Å²) in [6.07, 6.45) is 0.653. The van der Waals surface area contributed by atoms with Gasteiger partial charge in [-0.05, 0) is 89.2 Å². The smallest absolute Gasteiger partial charge is 0.251 e. The van der Waals surface area contributed by atoms with E-state index in [-0.39, 0.29) is 29.8 Å². The molecule has 3 aromatic rings. The lowest BCUT2D eigenvalue weighted by Crippen LogP contribution is -2.34. The number of aryl methyl sites for hydroxylation is 2. The summed E-state index contributed by atoms with van der Waals surface area (Å²) >= 11 is 0. The fourth-order valence-electron chi connectivity index (χ4n) is 4.60. The van der Waals surface area contributed by atoms with E-state index in [0.717, 1.165) is 17.7 Å². The summed E-state index contributed by atoms with van der Waals surface area (Å²) in [6, 6.07) is 20.6. The molecule has 202 valence electrons. The van der Waals surface area contributed by atoms with Crippen LogP contribution in [0.4, 0.5) is 0 Å². The van der Waals surface area contributed by atoms with Crippen molar-refractivity contribution in [2.45, 2.75) is 66.9 Å². The maximum atomic E-state index is 12.4. The van der Waals surface area contributed by atoms with E-state index in [4.69, 9.17) is 16.3 Å². The molecule has 3 aromatic carbocycles. The van der Waals surface area contributed by atoms with Gasteiger partial charge in [0.2, 0.25) is 0 Å². The number of carbonyl (C=O) groups is 1. The SMILES string of the molecule is Cc1cc(OC(CC(C)(C)C)c2ccc(C(=O)NC/C(N)=N/N)cc2)cc(C)c1-c1ccc(C(C)C)cc1. The van der Waals surface area contributed by atoms with Gasteiger partial charge in [-0.2, -0.15) is 5.10 Å². The molecule has 0 saturated carbocycles. The van der Waals surface area contributed by atoms with Gasteiger partial charge in [-0.25, -0.2) is 0 Å². The molecule has 0 heterocycles. The van der Waals surface area contributed by atoms with Crippen molar-refractivity contribution >= 4 is 11.7 Å². The van der Waals surface area contributed by atoms with Crippen molar-refractivity contribution in [3.63, 3.8) is 0 Å². The summed E-state index contributed by atoms with van der Waals surface area (Å²) in [5, 5.41) is 6.08. The van der Waals surface area contributed by atoms with Crippen LogP contribution < -0.4 is 21.6 Å². The van der Waals surface area contributed by atoms with Gasteiger partial charge in [0.05, 0.1) is 6.54 Å². The van der Waals surface area contributed by atoms with Gasteiger partial charge in [0.1, 0.15) is 17.7 Å². The normalized spacial score (nSPS) is 12.9. The number of nitrogens with two attached hydrogens (primary N) is 2. The summed E-state index contributed by atoms with van der Waals surface area (Å²) in [7, 11) is 0. The predicted molar refractivity (Wildman–Crippen MR) is 157 cm³/mol. The van der Waals surface area contributed by atoms with E-state index >= 15 is 0 Å². The second-order valence-electron chi connectivity index (χ2n) is 11.5. The van der Waals surface area contributed by atoms with E-state index in [1.165, 1.54) is 27.8 Å². The molecule has 0 saturated heterocycles. The Balaban J connectivity index is 1.85. The van der Waals surface area contributed by atoms with Crippen molar-refractivity contribution < 1.29 is 9.53 Å². The van der Waals surface area contributed by atoms with Crippen molar-refractivity contribution in [1.82, 2.24) is 5.32 Å². The van der Waals surface area contributed by atoms with Crippen molar-refractivity contribution in [2.24, 2.45) is 22.1 Å². The lowest BCUT2D eigenvalue weighted by Gasteiger charge is -2.28. The number of ether oxygens (including phenoxy) is 1. The molecule has 0 fully saturated rings. The highest BCUT2D eigenvalue weighted by atomic mass is 16.5. The Labute approximate surface area is 227 Å². The second-order valence-corrected chi connectivity index (χ2v) is 11.5. The first-order valence-corrected chi connectivity index (χ1v) is 13.2. The highest BCUT2D eigenvalue weighted by Crippen LogP contribution is 2.37. The van der Waals surface area contributed by atoms with Crippen LogP contribution in [0.25, 0.3) is 11.1 Å². The largest absolute Gasteiger partial charge is 0.486 e. The van der Waals surface area contributed by atoms with Gasteiger partial charge >= 0.3 is 0 Å². The van der Waals surface area contributed by atoms with Crippen LogP contribution in [0.5, 0.6) is 5.75 Å². The Morgan fingerprint density at radius 1 is 0.947 bits per heavy atom. The molecule has 6 heteroatoms. The van der Waals surface area contributed by atoms with E-state index in [2.05, 4.69) is 95.3 Å². The number of hydrogen-bond acceptors (Lipinski definition) is 4. The molecule has 38 heavy (non-hydrogen) atoms.